The Hall–Kier alpha value is -0.890. The molecule has 0 saturated heterocycles. The van der Waals surface area contributed by atoms with Gasteiger partial charge in [0.2, 0.25) is 0 Å². The molecule has 1 nitrogen and oxygen atoms in total. The average Bonchev–Trinajstić information content (AvgIpc) is 2.26. The molecular weight excluding hydrogens is 252 g/mol. The molecule has 78 valence electrons. The number of alkyl halides is 1. The second-order valence-electron chi connectivity index (χ2n) is 3.80. The molecule has 2 rings (SSSR count). The molecule has 0 spiro atoms. The van der Waals surface area contributed by atoms with Crippen LogP contribution in [-0.4, -0.2) is 10.6 Å². The maximum atomic E-state index is 11.8. The van der Waals surface area contributed by atoms with Gasteiger partial charge >= 0.3 is 0 Å². The van der Waals surface area contributed by atoms with Gasteiger partial charge < -0.3 is 0 Å². The molecule has 1 aliphatic carbocycles. The lowest BCUT2D eigenvalue weighted by molar-refractivity contribution is -0.115. The van der Waals surface area contributed by atoms with Gasteiger partial charge in [-0.05, 0) is 36.5 Å². The van der Waals surface area contributed by atoms with E-state index in [-0.39, 0.29) is 10.6 Å². The first kappa shape index (κ1) is 10.6. The summed E-state index contributed by atoms with van der Waals surface area (Å²) >= 11 is 3.42. The number of halogens is 1. The van der Waals surface area contributed by atoms with Gasteiger partial charge in [-0.3, -0.25) is 4.79 Å². The Morgan fingerprint density at radius 3 is 2.73 bits per heavy atom. The summed E-state index contributed by atoms with van der Waals surface area (Å²) in [7, 11) is 0. The van der Waals surface area contributed by atoms with Gasteiger partial charge in [-0.2, -0.15) is 0 Å². The van der Waals surface area contributed by atoms with Crippen LogP contribution in [0, 0.1) is 0 Å². The maximum Gasteiger partial charge on any atom is 0.172 e. The van der Waals surface area contributed by atoms with Crippen molar-refractivity contribution in [2.75, 3.05) is 0 Å². The van der Waals surface area contributed by atoms with Crippen molar-refractivity contribution in [1.82, 2.24) is 0 Å². The lowest BCUT2D eigenvalue weighted by atomic mass is 9.92. The molecule has 2 heteroatoms. The predicted octanol–water partition coefficient (Wildman–Crippen LogP) is 3.59. The number of allylic oxidation sites excluding steroid dienone is 1. The second kappa shape index (κ2) is 4.75. The standard InChI is InChI=1S/C13H13BrO/c14-12-8-4-7-11(13(12)15)9-10-5-2-1-3-6-10/h1-3,5-6,9,12H,4,7-8H2/b11-9+. The van der Waals surface area contributed by atoms with Crippen molar-refractivity contribution in [2.24, 2.45) is 0 Å². The SMILES string of the molecule is O=C1/C(=C/c2ccccc2)CCCC1Br. The van der Waals surface area contributed by atoms with E-state index < -0.39 is 0 Å². The fourth-order valence-electron chi connectivity index (χ4n) is 1.82. The summed E-state index contributed by atoms with van der Waals surface area (Å²) in [4.78, 5) is 11.8. The minimum Gasteiger partial charge on any atom is -0.293 e. The van der Waals surface area contributed by atoms with E-state index in [0.717, 1.165) is 30.4 Å². The first-order chi connectivity index (χ1) is 7.27. The minimum absolute atomic E-state index is 0.0289. The molecule has 0 radical (unpaired) electrons. The Morgan fingerprint density at radius 1 is 1.27 bits per heavy atom. The third-order valence-electron chi connectivity index (χ3n) is 2.65. The lowest BCUT2D eigenvalue weighted by Crippen LogP contribution is -2.21. The van der Waals surface area contributed by atoms with Crippen molar-refractivity contribution in [2.45, 2.75) is 24.1 Å². The van der Waals surface area contributed by atoms with Crippen LogP contribution >= 0.6 is 15.9 Å². The van der Waals surface area contributed by atoms with Gasteiger partial charge in [-0.15, -0.1) is 0 Å². The third kappa shape index (κ3) is 2.57. The number of carbonyl (C=O) groups excluding carboxylic acids is 1. The van der Waals surface area contributed by atoms with Crippen molar-refractivity contribution < 1.29 is 4.79 Å². The molecule has 1 aromatic carbocycles. The van der Waals surface area contributed by atoms with Gasteiger partial charge in [0.15, 0.2) is 5.78 Å². The van der Waals surface area contributed by atoms with Gasteiger partial charge in [0.25, 0.3) is 0 Å². The summed E-state index contributed by atoms with van der Waals surface area (Å²) in [6, 6.07) is 10.0. The van der Waals surface area contributed by atoms with E-state index in [9.17, 15) is 4.79 Å². The first-order valence-corrected chi connectivity index (χ1v) is 6.13. The highest BCUT2D eigenvalue weighted by Crippen LogP contribution is 2.26. The summed E-state index contributed by atoms with van der Waals surface area (Å²) in [5.74, 6) is 0.255. The number of ketones is 1. The number of hydrogen-bond acceptors (Lipinski definition) is 1. The number of Topliss-reactive ketones (excluding diaryl/α,β-unsaturated/α-hetero) is 1. The van der Waals surface area contributed by atoms with Crippen LogP contribution in [0.5, 0.6) is 0 Å². The Bertz CT molecular complexity index is 381. The van der Waals surface area contributed by atoms with Gasteiger partial charge in [-0.25, -0.2) is 0 Å². The van der Waals surface area contributed by atoms with Gasteiger partial charge in [-0.1, -0.05) is 46.3 Å². The Morgan fingerprint density at radius 2 is 2.00 bits per heavy atom. The van der Waals surface area contributed by atoms with Crippen LogP contribution in [0.15, 0.2) is 35.9 Å². The zero-order chi connectivity index (χ0) is 10.7. The normalized spacial score (nSPS) is 24.5. The van der Waals surface area contributed by atoms with E-state index in [2.05, 4.69) is 15.9 Å². The van der Waals surface area contributed by atoms with E-state index in [4.69, 9.17) is 0 Å². The molecule has 1 aliphatic rings. The predicted molar refractivity (Wildman–Crippen MR) is 66.0 cm³/mol. The molecule has 1 unspecified atom stereocenters. The second-order valence-corrected chi connectivity index (χ2v) is 4.91. The fourth-order valence-corrected chi connectivity index (χ4v) is 2.44. The maximum absolute atomic E-state index is 11.8. The monoisotopic (exact) mass is 264 g/mol. The topological polar surface area (TPSA) is 17.1 Å². The molecule has 1 aromatic rings. The number of carbonyl (C=O) groups is 1. The van der Waals surface area contributed by atoms with Crippen LogP contribution in [0.25, 0.3) is 6.08 Å². The molecule has 0 amide bonds. The first-order valence-electron chi connectivity index (χ1n) is 5.21. The highest BCUT2D eigenvalue weighted by Gasteiger charge is 2.23. The molecule has 0 aliphatic heterocycles. The molecule has 0 aromatic heterocycles. The van der Waals surface area contributed by atoms with Crippen LogP contribution in [0.3, 0.4) is 0 Å². The van der Waals surface area contributed by atoms with E-state index in [0.29, 0.717) is 0 Å². The average molecular weight is 265 g/mol. The molecule has 0 N–H and O–H groups in total. The van der Waals surface area contributed by atoms with E-state index >= 15 is 0 Å². The van der Waals surface area contributed by atoms with E-state index in [1.54, 1.807) is 0 Å². The van der Waals surface area contributed by atoms with Crippen molar-refractivity contribution in [3.05, 3.63) is 41.5 Å². The van der Waals surface area contributed by atoms with Gasteiger partial charge in [0.05, 0.1) is 4.83 Å². The third-order valence-corrected chi connectivity index (χ3v) is 3.52. The number of hydrogen-bond donors (Lipinski definition) is 0. The summed E-state index contributed by atoms with van der Waals surface area (Å²) in [5, 5.41) is 0. The molecule has 1 saturated carbocycles. The van der Waals surface area contributed by atoms with Crippen LogP contribution < -0.4 is 0 Å². The molecule has 0 heterocycles. The summed E-state index contributed by atoms with van der Waals surface area (Å²) in [5.41, 5.74) is 2.07. The van der Waals surface area contributed by atoms with Gasteiger partial charge in [0, 0.05) is 0 Å². The zero-order valence-electron chi connectivity index (χ0n) is 8.45. The van der Waals surface area contributed by atoms with Crippen molar-refractivity contribution in [3.8, 4) is 0 Å². The highest BCUT2D eigenvalue weighted by molar-refractivity contribution is 9.10. The molecule has 15 heavy (non-hydrogen) atoms. The zero-order valence-corrected chi connectivity index (χ0v) is 10.0. The van der Waals surface area contributed by atoms with Crippen molar-refractivity contribution >= 4 is 27.8 Å². The Balaban J connectivity index is 2.23. The van der Waals surface area contributed by atoms with Crippen LogP contribution in [0.2, 0.25) is 0 Å². The van der Waals surface area contributed by atoms with Gasteiger partial charge in [0.1, 0.15) is 0 Å². The Kier molecular flexibility index (Phi) is 3.37. The van der Waals surface area contributed by atoms with E-state index in [1.807, 2.05) is 36.4 Å². The van der Waals surface area contributed by atoms with Crippen LogP contribution in [0.4, 0.5) is 0 Å². The molecule has 1 fully saturated rings. The largest absolute Gasteiger partial charge is 0.293 e. The highest BCUT2D eigenvalue weighted by atomic mass is 79.9. The van der Waals surface area contributed by atoms with Crippen LogP contribution in [0.1, 0.15) is 24.8 Å². The molecule has 1 atom stereocenters. The summed E-state index contributed by atoms with van der Waals surface area (Å²) in [6.07, 6.45) is 4.98. The van der Waals surface area contributed by atoms with Crippen molar-refractivity contribution in [3.63, 3.8) is 0 Å². The summed E-state index contributed by atoms with van der Waals surface area (Å²) in [6.45, 7) is 0. The molecular formula is C13H13BrO. The fraction of sp³-hybridized carbons (Fsp3) is 0.308. The minimum atomic E-state index is 0.0289. The smallest absolute Gasteiger partial charge is 0.172 e. The number of benzene rings is 1. The van der Waals surface area contributed by atoms with E-state index in [1.165, 1.54) is 0 Å². The number of rotatable bonds is 1. The van der Waals surface area contributed by atoms with Crippen molar-refractivity contribution in [1.29, 1.82) is 0 Å². The Labute approximate surface area is 98.3 Å². The quantitative estimate of drug-likeness (QED) is 0.560. The molecule has 0 bridgehead atoms. The lowest BCUT2D eigenvalue weighted by Gasteiger charge is -2.17. The summed E-state index contributed by atoms with van der Waals surface area (Å²) < 4.78 is 0. The van der Waals surface area contributed by atoms with Crippen LogP contribution in [-0.2, 0) is 4.79 Å².